The maximum Gasteiger partial charge on any atom is 0.196 e. The maximum atomic E-state index is 6.38. The highest BCUT2D eigenvalue weighted by molar-refractivity contribution is 6.77. The molecule has 0 aromatic heterocycles. The third-order valence-electron chi connectivity index (χ3n) is 5.32. The molecule has 1 aliphatic heterocycles. The molecule has 0 spiro atoms. The van der Waals surface area contributed by atoms with Gasteiger partial charge in [0.1, 0.15) is 0 Å². The molecular formula is C16H24OSi. The van der Waals surface area contributed by atoms with Gasteiger partial charge in [0.25, 0.3) is 0 Å². The Labute approximate surface area is 112 Å². The van der Waals surface area contributed by atoms with E-state index in [1.807, 2.05) is 0 Å². The highest BCUT2D eigenvalue weighted by atomic mass is 28.4. The lowest BCUT2D eigenvalue weighted by atomic mass is 9.94. The van der Waals surface area contributed by atoms with Gasteiger partial charge in [-0.1, -0.05) is 43.2 Å². The van der Waals surface area contributed by atoms with Gasteiger partial charge in [0, 0.05) is 12.0 Å². The fourth-order valence-electron chi connectivity index (χ4n) is 4.14. The lowest BCUT2D eigenvalue weighted by Gasteiger charge is -2.24. The molecule has 1 unspecified atom stereocenters. The van der Waals surface area contributed by atoms with Crippen LogP contribution in [0.2, 0.25) is 17.6 Å². The van der Waals surface area contributed by atoms with Crippen LogP contribution in [0.25, 0.3) is 0 Å². The van der Waals surface area contributed by atoms with E-state index >= 15 is 0 Å². The fraction of sp³-hybridized carbons (Fsp3) is 0.625. The Morgan fingerprint density at radius 2 is 1.78 bits per heavy atom. The van der Waals surface area contributed by atoms with E-state index in [9.17, 15) is 0 Å². The van der Waals surface area contributed by atoms with E-state index in [1.165, 1.54) is 29.6 Å². The number of aryl methyl sites for hydroxylation is 2. The highest BCUT2D eigenvalue weighted by Gasteiger charge is 2.70. The molecule has 98 valence electrons. The molecule has 1 saturated carbocycles. The normalized spacial score (nSPS) is 32.3. The first-order valence-corrected chi connectivity index (χ1v) is 9.69. The van der Waals surface area contributed by atoms with E-state index in [0.29, 0.717) is 5.41 Å². The Kier molecular flexibility index (Phi) is 2.72. The molecule has 1 aromatic rings. The van der Waals surface area contributed by atoms with Crippen LogP contribution in [0.4, 0.5) is 0 Å². The predicted octanol–water partition coefficient (Wildman–Crippen LogP) is 4.33. The summed E-state index contributed by atoms with van der Waals surface area (Å²) in [6, 6.07) is 9.65. The van der Waals surface area contributed by atoms with E-state index in [-0.39, 0.29) is 0 Å². The smallest absolute Gasteiger partial charge is 0.196 e. The molecule has 1 heterocycles. The maximum absolute atomic E-state index is 6.38. The topological polar surface area (TPSA) is 9.23 Å². The van der Waals surface area contributed by atoms with Crippen LogP contribution in [0.1, 0.15) is 37.0 Å². The molecule has 1 saturated heterocycles. The molecule has 2 atom stereocenters. The van der Waals surface area contributed by atoms with Gasteiger partial charge in [0.15, 0.2) is 8.32 Å². The van der Waals surface area contributed by atoms with E-state index in [2.05, 4.69) is 45.9 Å². The molecule has 3 rings (SSSR count). The molecule has 1 nitrogen and oxygen atoms in total. The number of rotatable bonds is 3. The van der Waals surface area contributed by atoms with Crippen LogP contribution in [-0.2, 0) is 9.84 Å². The lowest BCUT2D eigenvalue weighted by molar-refractivity contribution is 0.296. The van der Waals surface area contributed by atoms with Crippen molar-refractivity contribution >= 4 is 8.32 Å². The molecule has 1 aliphatic carbocycles. The third-order valence-corrected chi connectivity index (χ3v) is 10.5. The van der Waals surface area contributed by atoms with Crippen molar-refractivity contribution in [1.29, 1.82) is 0 Å². The van der Waals surface area contributed by atoms with Gasteiger partial charge in [-0.25, -0.2) is 0 Å². The first kappa shape index (κ1) is 12.4. The van der Waals surface area contributed by atoms with E-state index in [1.54, 1.807) is 5.56 Å². The molecule has 0 radical (unpaired) electrons. The second-order valence-corrected chi connectivity index (χ2v) is 10.9. The van der Waals surface area contributed by atoms with Crippen molar-refractivity contribution in [2.75, 3.05) is 6.61 Å². The molecule has 1 aromatic carbocycles. The molecular weight excluding hydrogens is 236 g/mol. The Bertz CT molecular complexity index is 458. The van der Waals surface area contributed by atoms with Crippen LogP contribution < -0.4 is 0 Å². The van der Waals surface area contributed by atoms with E-state index in [4.69, 9.17) is 4.43 Å². The molecule has 2 fully saturated rings. The summed E-state index contributed by atoms with van der Waals surface area (Å²) in [5, 5.41) is 0. The van der Waals surface area contributed by atoms with Crippen molar-refractivity contribution < 1.29 is 4.43 Å². The molecule has 2 heteroatoms. The van der Waals surface area contributed by atoms with Gasteiger partial charge in [-0.05, 0) is 43.5 Å². The standard InChI is InChI=1S/C16H24OSi/c1-5-18(6-2)15-10-16(15,11-17-18)14-8-12(3)7-13(4)9-14/h7-9,15H,5-6,10-11H2,1-4H3/t15?,16-/m0/s1. The zero-order chi connectivity index (χ0) is 13.0. The summed E-state index contributed by atoms with van der Waals surface area (Å²) in [6.45, 7) is 10.1. The zero-order valence-corrected chi connectivity index (χ0v) is 13.0. The molecule has 0 N–H and O–H groups in total. The van der Waals surface area contributed by atoms with Crippen molar-refractivity contribution in [3.63, 3.8) is 0 Å². The van der Waals surface area contributed by atoms with Gasteiger partial charge in [-0.15, -0.1) is 0 Å². The van der Waals surface area contributed by atoms with Crippen LogP contribution in [-0.4, -0.2) is 14.9 Å². The Morgan fingerprint density at radius 3 is 2.22 bits per heavy atom. The average Bonchev–Trinajstić information content (AvgIpc) is 3.00. The molecule has 0 bridgehead atoms. The van der Waals surface area contributed by atoms with Gasteiger partial charge in [-0.3, -0.25) is 0 Å². The minimum atomic E-state index is -1.40. The van der Waals surface area contributed by atoms with Gasteiger partial charge in [0.2, 0.25) is 0 Å². The van der Waals surface area contributed by atoms with Gasteiger partial charge < -0.3 is 4.43 Å². The largest absolute Gasteiger partial charge is 0.416 e. The van der Waals surface area contributed by atoms with Gasteiger partial charge in [-0.2, -0.15) is 0 Å². The van der Waals surface area contributed by atoms with Gasteiger partial charge >= 0.3 is 0 Å². The summed E-state index contributed by atoms with van der Waals surface area (Å²) in [6.07, 6.45) is 1.39. The highest BCUT2D eigenvalue weighted by Crippen LogP contribution is 2.70. The van der Waals surface area contributed by atoms with Crippen LogP contribution >= 0.6 is 0 Å². The van der Waals surface area contributed by atoms with E-state index < -0.39 is 8.32 Å². The second-order valence-electron chi connectivity index (χ2n) is 6.35. The van der Waals surface area contributed by atoms with Crippen LogP contribution in [0, 0.1) is 13.8 Å². The Balaban J connectivity index is 1.96. The third kappa shape index (κ3) is 1.55. The SMILES string of the molecule is CC[Si]1(CC)OC[C@]2(c3cc(C)cc(C)c3)CC21. The fourth-order valence-corrected chi connectivity index (χ4v) is 8.77. The Hall–Kier alpha value is -0.603. The Morgan fingerprint density at radius 1 is 1.17 bits per heavy atom. The summed E-state index contributed by atoms with van der Waals surface area (Å²) in [5.41, 5.74) is 5.66. The van der Waals surface area contributed by atoms with Crippen molar-refractivity contribution in [2.24, 2.45) is 0 Å². The quantitative estimate of drug-likeness (QED) is 0.735. The minimum Gasteiger partial charge on any atom is -0.416 e. The van der Waals surface area contributed by atoms with Crippen molar-refractivity contribution in [2.45, 2.75) is 57.2 Å². The average molecular weight is 260 g/mol. The lowest BCUT2D eigenvalue weighted by Crippen LogP contribution is -2.33. The van der Waals surface area contributed by atoms with Crippen LogP contribution in [0.5, 0.6) is 0 Å². The zero-order valence-electron chi connectivity index (χ0n) is 12.0. The summed E-state index contributed by atoms with van der Waals surface area (Å²) in [7, 11) is -1.40. The summed E-state index contributed by atoms with van der Waals surface area (Å²) in [5.74, 6) is 0. The number of hydrogen-bond acceptors (Lipinski definition) is 1. The van der Waals surface area contributed by atoms with Crippen LogP contribution in [0.15, 0.2) is 18.2 Å². The van der Waals surface area contributed by atoms with Crippen molar-refractivity contribution in [3.8, 4) is 0 Å². The predicted molar refractivity (Wildman–Crippen MR) is 78.6 cm³/mol. The van der Waals surface area contributed by atoms with Crippen LogP contribution in [0.3, 0.4) is 0 Å². The minimum absolute atomic E-state index is 0.412. The summed E-state index contributed by atoms with van der Waals surface area (Å²) in [4.78, 5) is 0. The van der Waals surface area contributed by atoms with E-state index in [0.717, 1.165) is 12.1 Å². The summed E-state index contributed by atoms with van der Waals surface area (Å²) < 4.78 is 6.38. The number of fused-ring (bicyclic) bond motifs is 1. The molecule has 0 amide bonds. The van der Waals surface area contributed by atoms with Gasteiger partial charge in [0.05, 0.1) is 0 Å². The molecule has 18 heavy (non-hydrogen) atoms. The number of benzene rings is 1. The monoisotopic (exact) mass is 260 g/mol. The second kappa shape index (κ2) is 3.94. The first-order chi connectivity index (χ1) is 8.56. The van der Waals surface area contributed by atoms with Crippen molar-refractivity contribution in [3.05, 3.63) is 34.9 Å². The summed E-state index contributed by atoms with van der Waals surface area (Å²) >= 11 is 0. The van der Waals surface area contributed by atoms with Crippen molar-refractivity contribution in [1.82, 2.24) is 0 Å². The molecule has 2 aliphatic rings. The number of hydrogen-bond donors (Lipinski definition) is 0. The first-order valence-electron chi connectivity index (χ1n) is 7.29.